The summed E-state index contributed by atoms with van der Waals surface area (Å²) in [7, 11) is 0. The van der Waals surface area contributed by atoms with Gasteiger partial charge in [-0.05, 0) is 12.8 Å². The molecular weight excluding hydrogens is 252 g/mol. The standard InChI is InChI=1S/C12H15ClN4O/c13-10-11(15-4-3-14-10)16-5-7-17(8-6-16)12(18)9-1-2-9/h3-4,9H,1-2,5-8H2. The molecule has 1 amide bonds. The first-order valence-corrected chi connectivity index (χ1v) is 6.64. The minimum Gasteiger partial charge on any atom is -0.351 e. The van der Waals surface area contributed by atoms with Gasteiger partial charge in [0.15, 0.2) is 11.0 Å². The average Bonchev–Trinajstić information content (AvgIpc) is 3.23. The van der Waals surface area contributed by atoms with Gasteiger partial charge in [0.2, 0.25) is 5.91 Å². The molecule has 1 saturated heterocycles. The summed E-state index contributed by atoms with van der Waals surface area (Å²) in [4.78, 5) is 24.2. The van der Waals surface area contributed by atoms with E-state index in [0.717, 1.165) is 44.8 Å². The summed E-state index contributed by atoms with van der Waals surface area (Å²) in [5.41, 5.74) is 0. The number of anilines is 1. The van der Waals surface area contributed by atoms with Gasteiger partial charge in [0.05, 0.1) is 0 Å². The third kappa shape index (κ3) is 2.27. The molecule has 1 aromatic heterocycles. The van der Waals surface area contributed by atoms with Crippen LogP contribution in [0.15, 0.2) is 12.4 Å². The van der Waals surface area contributed by atoms with Gasteiger partial charge in [0.1, 0.15) is 0 Å². The number of aromatic nitrogens is 2. The molecule has 0 unspecified atom stereocenters. The summed E-state index contributed by atoms with van der Waals surface area (Å²) in [6, 6.07) is 0. The number of piperazine rings is 1. The smallest absolute Gasteiger partial charge is 0.225 e. The largest absolute Gasteiger partial charge is 0.351 e. The fourth-order valence-electron chi connectivity index (χ4n) is 2.25. The van der Waals surface area contributed by atoms with Crippen LogP contribution in [0.4, 0.5) is 5.82 Å². The maximum atomic E-state index is 11.9. The van der Waals surface area contributed by atoms with Crippen LogP contribution in [0.25, 0.3) is 0 Å². The van der Waals surface area contributed by atoms with Crippen molar-refractivity contribution in [2.45, 2.75) is 12.8 Å². The van der Waals surface area contributed by atoms with Gasteiger partial charge >= 0.3 is 0 Å². The van der Waals surface area contributed by atoms with E-state index in [1.54, 1.807) is 12.4 Å². The zero-order valence-electron chi connectivity index (χ0n) is 10.0. The molecule has 1 aliphatic heterocycles. The first-order valence-electron chi connectivity index (χ1n) is 6.26. The Balaban J connectivity index is 1.63. The molecule has 0 radical (unpaired) electrons. The fraction of sp³-hybridized carbons (Fsp3) is 0.583. The third-order valence-corrected chi connectivity index (χ3v) is 3.72. The lowest BCUT2D eigenvalue weighted by atomic mass is 10.2. The molecule has 1 saturated carbocycles. The quantitative estimate of drug-likeness (QED) is 0.807. The van der Waals surface area contributed by atoms with Crippen LogP contribution in [0.5, 0.6) is 0 Å². The molecule has 6 heteroatoms. The van der Waals surface area contributed by atoms with E-state index in [2.05, 4.69) is 14.9 Å². The Morgan fingerprint density at radius 2 is 1.83 bits per heavy atom. The second-order valence-corrected chi connectivity index (χ2v) is 5.12. The normalized spacial score (nSPS) is 20.1. The summed E-state index contributed by atoms with van der Waals surface area (Å²) < 4.78 is 0. The van der Waals surface area contributed by atoms with E-state index in [9.17, 15) is 4.79 Å². The Kier molecular flexibility index (Phi) is 3.07. The van der Waals surface area contributed by atoms with Gasteiger partial charge in [-0.2, -0.15) is 0 Å². The van der Waals surface area contributed by atoms with Crippen LogP contribution < -0.4 is 4.90 Å². The molecule has 1 aliphatic carbocycles. The highest BCUT2D eigenvalue weighted by Crippen LogP contribution is 2.31. The van der Waals surface area contributed by atoms with Crippen molar-refractivity contribution in [3.63, 3.8) is 0 Å². The van der Waals surface area contributed by atoms with E-state index in [4.69, 9.17) is 11.6 Å². The molecule has 0 N–H and O–H groups in total. The van der Waals surface area contributed by atoms with Crippen molar-refractivity contribution >= 4 is 23.3 Å². The number of rotatable bonds is 2. The first kappa shape index (κ1) is 11.7. The molecule has 3 rings (SSSR count). The average molecular weight is 267 g/mol. The van der Waals surface area contributed by atoms with Crippen molar-refractivity contribution in [2.24, 2.45) is 5.92 Å². The first-order chi connectivity index (χ1) is 8.75. The summed E-state index contributed by atoms with van der Waals surface area (Å²) in [5.74, 6) is 1.34. The Bertz CT molecular complexity index is 455. The van der Waals surface area contributed by atoms with E-state index in [-0.39, 0.29) is 0 Å². The molecule has 96 valence electrons. The third-order valence-electron chi connectivity index (χ3n) is 3.45. The van der Waals surface area contributed by atoms with E-state index < -0.39 is 0 Å². The van der Waals surface area contributed by atoms with Crippen LogP contribution >= 0.6 is 11.6 Å². The van der Waals surface area contributed by atoms with Gasteiger partial charge < -0.3 is 9.80 Å². The molecule has 0 atom stereocenters. The maximum Gasteiger partial charge on any atom is 0.225 e. The zero-order chi connectivity index (χ0) is 12.5. The summed E-state index contributed by atoms with van der Waals surface area (Å²) in [5, 5.41) is 0.430. The van der Waals surface area contributed by atoms with Crippen LogP contribution in [0.1, 0.15) is 12.8 Å². The zero-order valence-corrected chi connectivity index (χ0v) is 10.8. The van der Waals surface area contributed by atoms with Crippen molar-refractivity contribution in [3.8, 4) is 0 Å². The summed E-state index contributed by atoms with van der Waals surface area (Å²) in [6.45, 7) is 3.05. The molecule has 2 heterocycles. The summed E-state index contributed by atoms with van der Waals surface area (Å²) in [6.07, 6.45) is 5.35. The number of amides is 1. The Morgan fingerprint density at radius 1 is 1.17 bits per heavy atom. The van der Waals surface area contributed by atoms with Crippen molar-refractivity contribution in [1.29, 1.82) is 0 Å². The Morgan fingerprint density at radius 3 is 2.44 bits per heavy atom. The number of halogens is 1. The molecule has 1 aromatic rings. The van der Waals surface area contributed by atoms with E-state index in [0.29, 0.717) is 17.0 Å². The van der Waals surface area contributed by atoms with Crippen LogP contribution in [0, 0.1) is 5.92 Å². The molecule has 0 aromatic carbocycles. The summed E-state index contributed by atoms with van der Waals surface area (Å²) >= 11 is 6.02. The van der Waals surface area contributed by atoms with Crippen LogP contribution in [-0.4, -0.2) is 47.0 Å². The molecule has 5 nitrogen and oxygen atoms in total. The Labute approximate surface area is 111 Å². The Hall–Kier alpha value is -1.36. The van der Waals surface area contributed by atoms with Crippen LogP contribution in [-0.2, 0) is 4.79 Å². The molecule has 2 fully saturated rings. The van der Waals surface area contributed by atoms with Crippen molar-refractivity contribution in [3.05, 3.63) is 17.5 Å². The SMILES string of the molecule is O=C(C1CC1)N1CCN(c2nccnc2Cl)CC1. The van der Waals surface area contributed by atoms with Crippen molar-refractivity contribution < 1.29 is 4.79 Å². The highest BCUT2D eigenvalue weighted by atomic mass is 35.5. The van der Waals surface area contributed by atoms with Gasteiger partial charge in [0.25, 0.3) is 0 Å². The van der Waals surface area contributed by atoms with Gasteiger partial charge in [-0.25, -0.2) is 9.97 Å². The lowest BCUT2D eigenvalue weighted by Gasteiger charge is -2.35. The van der Waals surface area contributed by atoms with E-state index >= 15 is 0 Å². The van der Waals surface area contributed by atoms with E-state index in [1.807, 2.05) is 4.90 Å². The van der Waals surface area contributed by atoms with Gasteiger partial charge in [-0.3, -0.25) is 4.79 Å². The predicted molar refractivity (Wildman–Crippen MR) is 68.6 cm³/mol. The molecule has 18 heavy (non-hydrogen) atoms. The number of nitrogens with zero attached hydrogens (tertiary/aromatic N) is 4. The lowest BCUT2D eigenvalue weighted by Crippen LogP contribution is -2.49. The van der Waals surface area contributed by atoms with Crippen molar-refractivity contribution in [2.75, 3.05) is 31.1 Å². The molecule has 2 aliphatic rings. The molecular formula is C12H15ClN4O. The minimum atomic E-state index is 0.302. The highest BCUT2D eigenvalue weighted by molar-refractivity contribution is 6.31. The number of hydrogen-bond donors (Lipinski definition) is 0. The second-order valence-electron chi connectivity index (χ2n) is 4.76. The van der Waals surface area contributed by atoms with Gasteiger partial charge in [0, 0.05) is 44.5 Å². The monoisotopic (exact) mass is 266 g/mol. The minimum absolute atomic E-state index is 0.302. The maximum absolute atomic E-state index is 11.9. The fourth-order valence-corrected chi connectivity index (χ4v) is 2.48. The van der Waals surface area contributed by atoms with Gasteiger partial charge in [-0.15, -0.1) is 0 Å². The van der Waals surface area contributed by atoms with Crippen molar-refractivity contribution in [1.82, 2.24) is 14.9 Å². The van der Waals surface area contributed by atoms with Gasteiger partial charge in [-0.1, -0.05) is 11.6 Å². The second kappa shape index (κ2) is 4.72. The van der Waals surface area contributed by atoms with Crippen LogP contribution in [0.2, 0.25) is 5.15 Å². The number of hydrogen-bond acceptors (Lipinski definition) is 4. The number of carbonyl (C=O) groups is 1. The number of carbonyl (C=O) groups excluding carboxylic acids is 1. The predicted octanol–water partition coefficient (Wildman–Crippen LogP) is 1.19. The van der Waals surface area contributed by atoms with E-state index in [1.165, 1.54) is 0 Å². The highest BCUT2D eigenvalue weighted by Gasteiger charge is 2.34. The van der Waals surface area contributed by atoms with Crippen LogP contribution in [0.3, 0.4) is 0 Å². The lowest BCUT2D eigenvalue weighted by molar-refractivity contribution is -0.132. The molecule has 0 spiro atoms. The topological polar surface area (TPSA) is 49.3 Å². The molecule has 0 bridgehead atoms.